The summed E-state index contributed by atoms with van der Waals surface area (Å²) in [4.78, 5) is 23.7. The maximum atomic E-state index is 12.4. The van der Waals surface area contributed by atoms with Crippen LogP contribution in [0.25, 0.3) is 0 Å². The summed E-state index contributed by atoms with van der Waals surface area (Å²) < 4.78 is 6.28. The van der Waals surface area contributed by atoms with Crippen LogP contribution >= 0.6 is 0 Å². The van der Waals surface area contributed by atoms with E-state index in [1.807, 2.05) is 24.3 Å². The number of carbonyl (C=O) groups excluding carboxylic acids is 2. The second kappa shape index (κ2) is 7.40. The van der Waals surface area contributed by atoms with Crippen molar-refractivity contribution >= 4 is 17.5 Å². The van der Waals surface area contributed by atoms with Crippen LogP contribution in [0.3, 0.4) is 0 Å². The van der Waals surface area contributed by atoms with Gasteiger partial charge in [0, 0.05) is 31.7 Å². The molecule has 5 atom stereocenters. The number of hydrogen-bond donors (Lipinski definition) is 3. The summed E-state index contributed by atoms with van der Waals surface area (Å²) in [7, 11) is 0. The van der Waals surface area contributed by atoms with E-state index in [9.17, 15) is 9.59 Å². The second-order valence-electron chi connectivity index (χ2n) is 9.62. The molecule has 2 bridgehead atoms. The maximum Gasteiger partial charge on any atom is 0.222 e. The van der Waals surface area contributed by atoms with Gasteiger partial charge in [-0.3, -0.25) is 9.59 Å². The van der Waals surface area contributed by atoms with Gasteiger partial charge in [0.1, 0.15) is 0 Å². The molecule has 1 spiro atoms. The molecule has 6 heteroatoms. The Hall–Kier alpha value is -1.92. The number of amides is 2. The normalized spacial score (nSPS) is 34.5. The maximum absolute atomic E-state index is 12.4. The van der Waals surface area contributed by atoms with Crippen molar-refractivity contribution in [3.63, 3.8) is 0 Å². The highest BCUT2D eigenvalue weighted by atomic mass is 16.5. The van der Waals surface area contributed by atoms with Crippen LogP contribution < -0.4 is 10.6 Å². The van der Waals surface area contributed by atoms with Crippen LogP contribution in [-0.4, -0.2) is 36.2 Å². The molecule has 3 N–H and O–H groups in total. The van der Waals surface area contributed by atoms with Crippen molar-refractivity contribution in [1.29, 1.82) is 0 Å². The smallest absolute Gasteiger partial charge is 0.222 e. The molecule has 158 valence electrons. The quantitative estimate of drug-likeness (QED) is 0.709. The number of carbonyl (C=O) groups is 2. The minimum atomic E-state index is -0.120. The molecule has 1 aromatic carbocycles. The van der Waals surface area contributed by atoms with Crippen LogP contribution in [0, 0.1) is 22.7 Å². The lowest BCUT2D eigenvalue weighted by Gasteiger charge is -2.53. The van der Waals surface area contributed by atoms with Crippen LogP contribution in [0.4, 0.5) is 5.69 Å². The summed E-state index contributed by atoms with van der Waals surface area (Å²) in [5.41, 5.74) is 2.00. The van der Waals surface area contributed by atoms with Gasteiger partial charge in [-0.2, -0.15) is 0 Å². The predicted octanol–water partition coefficient (Wildman–Crippen LogP) is 3.03. The molecular formula is C23H32N2O4. The Morgan fingerprint density at radius 3 is 2.62 bits per heavy atom. The summed E-state index contributed by atoms with van der Waals surface area (Å²) in [5.74, 6) is 0.770. The van der Waals surface area contributed by atoms with Crippen LogP contribution in [0.15, 0.2) is 24.3 Å². The Kier molecular flexibility index (Phi) is 5.20. The average molecular weight is 401 g/mol. The first-order valence-corrected chi connectivity index (χ1v) is 10.7. The Bertz CT molecular complexity index is 791. The van der Waals surface area contributed by atoms with Gasteiger partial charge < -0.3 is 20.5 Å². The van der Waals surface area contributed by atoms with Gasteiger partial charge in [-0.05, 0) is 59.6 Å². The molecule has 3 aliphatic rings. The Morgan fingerprint density at radius 2 is 1.97 bits per heavy atom. The molecule has 2 aliphatic carbocycles. The van der Waals surface area contributed by atoms with Crippen molar-refractivity contribution in [2.24, 2.45) is 22.7 Å². The van der Waals surface area contributed by atoms with Gasteiger partial charge in [0.25, 0.3) is 0 Å². The first-order chi connectivity index (χ1) is 13.8. The summed E-state index contributed by atoms with van der Waals surface area (Å²) >= 11 is 0. The molecule has 2 saturated carbocycles. The number of benzene rings is 1. The zero-order chi connectivity index (χ0) is 20.8. The van der Waals surface area contributed by atoms with Crippen molar-refractivity contribution in [2.75, 3.05) is 18.5 Å². The average Bonchev–Trinajstić information content (AvgIpc) is 3.15. The van der Waals surface area contributed by atoms with Crippen LogP contribution in [-0.2, 0) is 14.3 Å². The van der Waals surface area contributed by atoms with E-state index >= 15 is 0 Å². The van der Waals surface area contributed by atoms with Crippen molar-refractivity contribution < 1.29 is 19.4 Å². The number of aliphatic hydroxyl groups excluding tert-OH is 1. The molecule has 0 aromatic heterocycles. The number of fused-ring (bicyclic) bond motifs is 1. The number of rotatable bonds is 5. The van der Waals surface area contributed by atoms with Crippen molar-refractivity contribution in [2.45, 2.75) is 58.6 Å². The molecule has 0 radical (unpaired) electrons. The highest BCUT2D eigenvalue weighted by Gasteiger charge is 2.68. The molecule has 0 unspecified atom stereocenters. The fraction of sp³-hybridized carbons (Fsp3) is 0.652. The monoisotopic (exact) mass is 400 g/mol. The fourth-order valence-corrected chi connectivity index (χ4v) is 6.41. The molecule has 1 aliphatic heterocycles. The van der Waals surface area contributed by atoms with Gasteiger partial charge in [-0.15, -0.1) is 0 Å². The van der Waals surface area contributed by atoms with Gasteiger partial charge in [-0.1, -0.05) is 26.0 Å². The lowest BCUT2D eigenvalue weighted by Crippen LogP contribution is -2.59. The third-order valence-corrected chi connectivity index (χ3v) is 7.71. The SMILES string of the molecule is CC(=O)Nc1ccc([C@H]2OCC[C@@]34C[C@@H](C[C@H]23)C(C)(C)[C@H]4NC(=O)CCO)cc1. The predicted molar refractivity (Wildman–Crippen MR) is 110 cm³/mol. The van der Waals surface area contributed by atoms with Gasteiger partial charge >= 0.3 is 0 Å². The Balaban J connectivity index is 1.60. The van der Waals surface area contributed by atoms with E-state index in [2.05, 4.69) is 24.5 Å². The first kappa shape index (κ1) is 20.4. The summed E-state index contributed by atoms with van der Waals surface area (Å²) in [6.45, 7) is 6.62. The topological polar surface area (TPSA) is 87.7 Å². The van der Waals surface area contributed by atoms with Crippen LogP contribution in [0.2, 0.25) is 0 Å². The van der Waals surface area contributed by atoms with Gasteiger partial charge in [0.05, 0.1) is 12.7 Å². The highest BCUT2D eigenvalue weighted by molar-refractivity contribution is 5.88. The number of ether oxygens (including phenoxy) is 1. The summed E-state index contributed by atoms with van der Waals surface area (Å²) in [5, 5.41) is 15.3. The van der Waals surface area contributed by atoms with Crippen LogP contribution in [0.1, 0.15) is 58.1 Å². The Labute approximate surface area is 172 Å². The third-order valence-electron chi connectivity index (χ3n) is 7.71. The Morgan fingerprint density at radius 1 is 1.24 bits per heavy atom. The number of nitrogens with one attached hydrogen (secondary N) is 2. The molecule has 1 aromatic rings. The molecule has 2 amide bonds. The zero-order valence-electron chi connectivity index (χ0n) is 17.5. The van der Waals surface area contributed by atoms with Crippen molar-refractivity contribution in [3.8, 4) is 0 Å². The van der Waals surface area contributed by atoms with Gasteiger partial charge in [-0.25, -0.2) is 0 Å². The molecule has 1 heterocycles. The molecule has 29 heavy (non-hydrogen) atoms. The number of anilines is 1. The molecule has 4 rings (SSSR count). The molecule has 1 saturated heterocycles. The largest absolute Gasteiger partial charge is 0.396 e. The van der Waals surface area contributed by atoms with E-state index < -0.39 is 0 Å². The third kappa shape index (κ3) is 3.36. The lowest BCUT2D eigenvalue weighted by molar-refractivity contribution is -0.137. The van der Waals surface area contributed by atoms with Crippen molar-refractivity contribution in [3.05, 3.63) is 29.8 Å². The van der Waals surface area contributed by atoms with E-state index in [0.717, 1.165) is 30.5 Å². The first-order valence-electron chi connectivity index (χ1n) is 10.7. The van der Waals surface area contributed by atoms with Crippen molar-refractivity contribution in [1.82, 2.24) is 5.32 Å². The highest BCUT2D eigenvalue weighted by Crippen LogP contribution is 2.70. The molecule has 6 nitrogen and oxygen atoms in total. The van der Waals surface area contributed by atoms with E-state index in [4.69, 9.17) is 9.84 Å². The van der Waals surface area contributed by atoms with Gasteiger partial charge in [0.15, 0.2) is 0 Å². The van der Waals surface area contributed by atoms with Crippen LogP contribution in [0.5, 0.6) is 0 Å². The van der Waals surface area contributed by atoms with E-state index in [1.54, 1.807) is 0 Å². The van der Waals surface area contributed by atoms with E-state index in [1.165, 1.54) is 6.92 Å². The fourth-order valence-electron chi connectivity index (χ4n) is 6.41. The van der Waals surface area contributed by atoms with E-state index in [-0.39, 0.29) is 47.8 Å². The number of aliphatic hydroxyl groups is 1. The summed E-state index contributed by atoms with van der Waals surface area (Å²) in [6, 6.07) is 8.05. The lowest BCUT2D eigenvalue weighted by atomic mass is 9.59. The van der Waals surface area contributed by atoms with Gasteiger partial charge in [0.2, 0.25) is 11.8 Å². The molecule has 3 fully saturated rings. The minimum Gasteiger partial charge on any atom is -0.396 e. The number of hydrogen-bond acceptors (Lipinski definition) is 4. The second-order valence-corrected chi connectivity index (χ2v) is 9.62. The minimum absolute atomic E-state index is 0.00784. The molecular weight excluding hydrogens is 368 g/mol. The van der Waals surface area contributed by atoms with E-state index in [0.29, 0.717) is 18.4 Å². The summed E-state index contributed by atoms with van der Waals surface area (Å²) in [6.07, 6.45) is 3.36. The standard InChI is InChI=1S/C23H32N2O4/c1-14(27)24-17-6-4-15(5-7-17)20-18-12-16-13-23(18,9-11-29-20)21(22(16,2)3)25-19(28)8-10-26/h4-7,16,18,20-21,26H,8-13H2,1-3H3,(H,24,27)(H,25,28)/t16-,18-,20-,21-,23-/m1/s1. The zero-order valence-corrected chi connectivity index (χ0v) is 17.5.